The summed E-state index contributed by atoms with van der Waals surface area (Å²) in [5, 5.41) is 23.8. The van der Waals surface area contributed by atoms with E-state index in [9.17, 15) is 19.8 Å². The number of unbranched alkanes of at least 4 members (excludes halogenated alkanes) is 32. The molecule has 0 aliphatic carbocycles. The fourth-order valence-corrected chi connectivity index (χ4v) is 8.41. The number of carbonyl (C=O) groups is 2. The van der Waals surface area contributed by atoms with Gasteiger partial charge in [-0.05, 0) is 77.0 Å². The second kappa shape index (κ2) is 51.8. The number of aliphatic hydroxyl groups excluding tert-OH is 2. The molecular weight excluding hydrogens is 791 g/mol. The van der Waals surface area contributed by atoms with Crippen LogP contribution in [0.1, 0.15) is 284 Å². The van der Waals surface area contributed by atoms with Crippen molar-refractivity contribution in [3.63, 3.8) is 0 Å². The van der Waals surface area contributed by atoms with Crippen LogP contribution in [0.25, 0.3) is 0 Å². The third-order valence-electron chi connectivity index (χ3n) is 12.7. The molecule has 0 saturated heterocycles. The Kier molecular flexibility index (Phi) is 50.0. The maximum Gasteiger partial charge on any atom is 0.306 e. The summed E-state index contributed by atoms with van der Waals surface area (Å²) in [7, 11) is 0. The van der Waals surface area contributed by atoms with E-state index in [0.29, 0.717) is 19.3 Å². The van der Waals surface area contributed by atoms with E-state index in [2.05, 4.69) is 74.7 Å². The summed E-state index contributed by atoms with van der Waals surface area (Å²) in [5.41, 5.74) is 0. The summed E-state index contributed by atoms with van der Waals surface area (Å²) in [6, 6.07) is -0.716. The van der Waals surface area contributed by atoms with Gasteiger partial charge in [0, 0.05) is 6.42 Å². The van der Waals surface area contributed by atoms with Gasteiger partial charge >= 0.3 is 5.97 Å². The number of aliphatic hydroxyl groups is 2. The van der Waals surface area contributed by atoms with Gasteiger partial charge in [0.15, 0.2) is 0 Å². The van der Waals surface area contributed by atoms with Crippen molar-refractivity contribution in [3.8, 4) is 0 Å². The van der Waals surface area contributed by atoms with Gasteiger partial charge in [0.25, 0.3) is 0 Å². The second-order valence-electron chi connectivity index (χ2n) is 19.0. The van der Waals surface area contributed by atoms with Crippen LogP contribution in [-0.4, -0.2) is 46.9 Å². The Hall–Kier alpha value is -2.18. The third-order valence-corrected chi connectivity index (χ3v) is 12.7. The van der Waals surface area contributed by atoms with E-state index >= 15 is 0 Å². The highest BCUT2D eigenvalue weighted by Crippen LogP contribution is 2.17. The highest BCUT2D eigenvalue weighted by atomic mass is 16.5. The molecule has 0 bridgehead atoms. The molecule has 0 aromatic rings. The molecule has 0 fully saturated rings. The Morgan fingerprint density at radius 3 is 1.17 bits per heavy atom. The zero-order valence-corrected chi connectivity index (χ0v) is 42.7. The van der Waals surface area contributed by atoms with Gasteiger partial charge in [0.2, 0.25) is 5.91 Å². The third kappa shape index (κ3) is 46.4. The fourth-order valence-electron chi connectivity index (χ4n) is 8.41. The fraction of sp³-hybridized carbons (Fsp3) is 0.828. The quantitative estimate of drug-likeness (QED) is 0.0321. The normalized spacial score (nSPS) is 13.5. The lowest BCUT2D eigenvalue weighted by atomic mass is 10.0. The minimum atomic E-state index is -0.799. The van der Waals surface area contributed by atoms with E-state index in [0.717, 1.165) is 83.5 Å². The maximum absolute atomic E-state index is 13.2. The molecule has 3 unspecified atom stereocenters. The molecule has 1 amide bonds. The van der Waals surface area contributed by atoms with E-state index in [1.807, 2.05) is 0 Å². The maximum atomic E-state index is 13.2. The highest BCUT2D eigenvalue weighted by molar-refractivity contribution is 5.77. The first-order valence-corrected chi connectivity index (χ1v) is 27.9. The van der Waals surface area contributed by atoms with Crippen LogP contribution in [0.15, 0.2) is 48.6 Å². The minimum Gasteiger partial charge on any atom is -0.462 e. The van der Waals surface area contributed by atoms with Gasteiger partial charge in [-0.3, -0.25) is 9.59 Å². The summed E-state index contributed by atoms with van der Waals surface area (Å²) in [5.74, 6) is -0.523. The van der Waals surface area contributed by atoms with Gasteiger partial charge in [0.05, 0.1) is 25.2 Å². The summed E-state index contributed by atoms with van der Waals surface area (Å²) >= 11 is 0. The number of hydrogen-bond acceptors (Lipinski definition) is 5. The van der Waals surface area contributed by atoms with E-state index in [-0.39, 0.29) is 24.9 Å². The van der Waals surface area contributed by atoms with Gasteiger partial charge in [0.1, 0.15) is 6.10 Å². The first kappa shape index (κ1) is 61.8. The van der Waals surface area contributed by atoms with Gasteiger partial charge < -0.3 is 20.3 Å². The number of carbonyl (C=O) groups excluding carboxylic acids is 2. The summed E-state index contributed by atoms with van der Waals surface area (Å²) in [6.45, 7) is 6.48. The van der Waals surface area contributed by atoms with E-state index in [1.165, 1.54) is 154 Å². The van der Waals surface area contributed by atoms with Crippen LogP contribution in [0.4, 0.5) is 0 Å². The van der Waals surface area contributed by atoms with Crippen LogP contribution in [0.3, 0.4) is 0 Å². The molecule has 0 heterocycles. The number of nitrogens with one attached hydrogen (secondary N) is 1. The molecule has 0 aliphatic heterocycles. The van der Waals surface area contributed by atoms with Gasteiger partial charge in [-0.1, -0.05) is 243 Å². The Morgan fingerprint density at radius 2 is 0.781 bits per heavy atom. The standard InChI is InChI=1S/C58H107NO5/c1-4-7-10-13-16-19-22-25-27-29-32-34-37-40-43-46-49-54(64-58(63)51-48-45-42-39-36-33-30-28-26-23-20-17-14-11-8-5-2)52-57(62)59-55(53-60)56(61)50-47-44-41-38-35-31-24-21-18-15-12-9-6-3/h27-30,32-34,36,54-56,60-61H,4-26,31,35,37-53H2,1-3H3,(H,59,62)/b29-27+,30-28+,34-32+,36-33+. The molecular formula is C58H107NO5. The van der Waals surface area contributed by atoms with E-state index < -0.39 is 18.2 Å². The topological polar surface area (TPSA) is 95.9 Å². The molecule has 0 aromatic heterocycles. The van der Waals surface area contributed by atoms with Crippen LogP contribution in [0.5, 0.6) is 0 Å². The molecule has 64 heavy (non-hydrogen) atoms. The van der Waals surface area contributed by atoms with E-state index in [1.54, 1.807) is 0 Å². The van der Waals surface area contributed by atoms with Crippen molar-refractivity contribution in [2.75, 3.05) is 6.61 Å². The molecule has 3 atom stereocenters. The van der Waals surface area contributed by atoms with Crippen molar-refractivity contribution >= 4 is 11.9 Å². The van der Waals surface area contributed by atoms with Crippen molar-refractivity contribution in [2.24, 2.45) is 0 Å². The molecule has 0 aromatic carbocycles. The average Bonchev–Trinajstić information content (AvgIpc) is 3.29. The van der Waals surface area contributed by atoms with Crippen LogP contribution in [-0.2, 0) is 14.3 Å². The van der Waals surface area contributed by atoms with Crippen molar-refractivity contribution < 1.29 is 24.5 Å². The van der Waals surface area contributed by atoms with Crippen LogP contribution in [0.2, 0.25) is 0 Å². The molecule has 3 N–H and O–H groups in total. The molecule has 0 aliphatic rings. The van der Waals surface area contributed by atoms with Crippen LogP contribution in [0, 0.1) is 0 Å². The van der Waals surface area contributed by atoms with Crippen molar-refractivity contribution in [1.29, 1.82) is 0 Å². The molecule has 0 radical (unpaired) electrons. The van der Waals surface area contributed by atoms with Crippen LogP contribution < -0.4 is 5.32 Å². The summed E-state index contributed by atoms with van der Waals surface area (Å²) in [6.07, 6.45) is 63.1. The SMILES string of the molecule is CCCCCCCCC/C=C/C=C/CCCCCC(=O)OC(CCCCC/C=C/C=C/CCCCCCCCC)CC(=O)NC(CO)C(O)CCCCCCCCCCCCCCC. The Bertz CT molecular complexity index is 1100. The molecule has 0 rings (SSSR count). The van der Waals surface area contributed by atoms with Gasteiger partial charge in [-0.15, -0.1) is 0 Å². The van der Waals surface area contributed by atoms with Crippen molar-refractivity contribution in [1.82, 2.24) is 5.32 Å². The first-order chi connectivity index (χ1) is 31.5. The number of hydrogen-bond donors (Lipinski definition) is 3. The number of esters is 1. The highest BCUT2D eigenvalue weighted by Gasteiger charge is 2.24. The van der Waals surface area contributed by atoms with Crippen molar-refractivity contribution in [3.05, 3.63) is 48.6 Å². The zero-order chi connectivity index (χ0) is 46.7. The molecule has 6 nitrogen and oxygen atoms in total. The number of amides is 1. The van der Waals surface area contributed by atoms with E-state index in [4.69, 9.17) is 4.74 Å². The number of rotatable bonds is 50. The summed E-state index contributed by atoms with van der Waals surface area (Å²) in [4.78, 5) is 26.2. The van der Waals surface area contributed by atoms with Crippen LogP contribution >= 0.6 is 0 Å². The molecule has 6 heteroatoms. The van der Waals surface area contributed by atoms with Gasteiger partial charge in [-0.2, -0.15) is 0 Å². The Morgan fingerprint density at radius 1 is 0.453 bits per heavy atom. The zero-order valence-electron chi connectivity index (χ0n) is 42.7. The largest absolute Gasteiger partial charge is 0.462 e. The first-order valence-electron chi connectivity index (χ1n) is 27.9. The Labute approximate surface area is 397 Å². The molecule has 0 spiro atoms. The van der Waals surface area contributed by atoms with Crippen molar-refractivity contribution in [2.45, 2.75) is 302 Å². The lowest BCUT2D eigenvalue weighted by Crippen LogP contribution is -2.46. The number of allylic oxidation sites excluding steroid dienone is 8. The van der Waals surface area contributed by atoms with Gasteiger partial charge in [-0.25, -0.2) is 0 Å². The monoisotopic (exact) mass is 898 g/mol. The Balaban J connectivity index is 4.66. The predicted molar refractivity (Wildman–Crippen MR) is 278 cm³/mol. The molecule has 0 saturated carbocycles. The summed E-state index contributed by atoms with van der Waals surface area (Å²) < 4.78 is 5.93. The number of ether oxygens (including phenoxy) is 1. The second-order valence-corrected chi connectivity index (χ2v) is 19.0. The predicted octanol–water partition coefficient (Wildman–Crippen LogP) is 17.0. The average molecular weight is 898 g/mol. The smallest absolute Gasteiger partial charge is 0.306 e. The minimum absolute atomic E-state index is 0.0500. The lowest BCUT2D eigenvalue weighted by molar-refractivity contribution is -0.151. The molecule has 374 valence electrons. The lowest BCUT2D eigenvalue weighted by Gasteiger charge is -2.24.